The van der Waals surface area contributed by atoms with Gasteiger partial charge in [-0.1, -0.05) is 38.9 Å². The van der Waals surface area contributed by atoms with Crippen LogP contribution in [0.1, 0.15) is 49.5 Å². The first-order valence-corrected chi connectivity index (χ1v) is 13.2. The summed E-state index contributed by atoms with van der Waals surface area (Å²) in [5.41, 5.74) is 1.16. The van der Waals surface area contributed by atoms with Crippen molar-refractivity contribution in [3.8, 4) is 11.5 Å². The molecule has 0 aliphatic carbocycles. The van der Waals surface area contributed by atoms with Gasteiger partial charge in [-0.3, -0.25) is 10.1 Å². The SMILES string of the molecule is CC(C)CN(CC(C)C)S(=O)(=O)c1ccc(C(=O)Nc2nnc(Cc3ccc4c(c3)OCO4)o2)cc1. The summed E-state index contributed by atoms with van der Waals surface area (Å²) in [5, 5.41) is 10.4. The molecule has 36 heavy (non-hydrogen) atoms. The number of amides is 1. The Morgan fingerprint density at radius 3 is 2.31 bits per heavy atom. The highest BCUT2D eigenvalue weighted by molar-refractivity contribution is 7.89. The van der Waals surface area contributed by atoms with Crippen LogP contribution >= 0.6 is 0 Å². The Labute approximate surface area is 210 Å². The maximum Gasteiger partial charge on any atom is 0.322 e. The van der Waals surface area contributed by atoms with Crippen LogP contribution in [0.2, 0.25) is 0 Å². The number of benzene rings is 2. The summed E-state index contributed by atoms with van der Waals surface area (Å²) in [6, 6.07) is 11.3. The Balaban J connectivity index is 1.41. The molecular formula is C25H30N4O6S. The number of anilines is 1. The van der Waals surface area contributed by atoms with E-state index in [9.17, 15) is 13.2 Å². The zero-order valence-electron chi connectivity index (χ0n) is 20.7. The van der Waals surface area contributed by atoms with E-state index in [0.29, 0.717) is 36.9 Å². The molecule has 1 amide bonds. The first-order chi connectivity index (χ1) is 17.1. The number of aromatic nitrogens is 2. The Kier molecular flexibility index (Phi) is 7.60. The van der Waals surface area contributed by atoms with Gasteiger partial charge in [0.25, 0.3) is 5.91 Å². The van der Waals surface area contributed by atoms with E-state index >= 15 is 0 Å². The molecule has 1 aliphatic rings. The Hall–Kier alpha value is -3.44. The van der Waals surface area contributed by atoms with Gasteiger partial charge in [0.15, 0.2) is 11.5 Å². The third kappa shape index (κ3) is 6.03. The van der Waals surface area contributed by atoms with E-state index in [1.807, 2.05) is 45.9 Å². The normalized spacial score (nSPS) is 13.1. The monoisotopic (exact) mass is 514 g/mol. The molecule has 1 aromatic heterocycles. The molecule has 2 aromatic carbocycles. The van der Waals surface area contributed by atoms with Crippen molar-refractivity contribution in [1.29, 1.82) is 0 Å². The van der Waals surface area contributed by atoms with Crippen LogP contribution < -0.4 is 14.8 Å². The number of ether oxygens (including phenoxy) is 2. The molecule has 0 unspecified atom stereocenters. The highest BCUT2D eigenvalue weighted by atomic mass is 32.2. The van der Waals surface area contributed by atoms with E-state index < -0.39 is 15.9 Å². The van der Waals surface area contributed by atoms with E-state index in [2.05, 4.69) is 15.5 Å². The van der Waals surface area contributed by atoms with Crippen LogP contribution in [-0.2, 0) is 16.4 Å². The third-order valence-electron chi connectivity index (χ3n) is 5.37. The zero-order chi connectivity index (χ0) is 25.9. The van der Waals surface area contributed by atoms with Gasteiger partial charge in [0, 0.05) is 18.7 Å². The number of sulfonamides is 1. The van der Waals surface area contributed by atoms with Gasteiger partial charge in [-0.25, -0.2) is 8.42 Å². The molecule has 4 rings (SSSR count). The Morgan fingerprint density at radius 1 is 0.972 bits per heavy atom. The van der Waals surface area contributed by atoms with Crippen LogP contribution in [-0.4, -0.2) is 48.7 Å². The molecule has 0 saturated heterocycles. The second-order valence-corrected chi connectivity index (χ2v) is 11.4. The zero-order valence-corrected chi connectivity index (χ0v) is 21.5. The van der Waals surface area contributed by atoms with Gasteiger partial charge in [0.2, 0.25) is 22.7 Å². The maximum atomic E-state index is 13.2. The molecule has 192 valence electrons. The standard InChI is InChI=1S/C25H30N4O6S/c1-16(2)13-29(14-17(3)4)36(31,32)20-8-6-19(7-9-20)24(30)26-25-28-27-23(35-25)12-18-5-10-21-22(11-18)34-15-33-21/h5-11,16-17H,12-15H2,1-4H3,(H,26,28,30). The van der Waals surface area contributed by atoms with Crippen LogP contribution in [0.15, 0.2) is 51.8 Å². The first-order valence-electron chi connectivity index (χ1n) is 11.7. The summed E-state index contributed by atoms with van der Waals surface area (Å²) in [6.07, 6.45) is 0.356. The molecule has 0 bridgehead atoms. The van der Waals surface area contributed by atoms with Crippen molar-refractivity contribution in [1.82, 2.24) is 14.5 Å². The second-order valence-electron chi connectivity index (χ2n) is 9.45. The lowest BCUT2D eigenvalue weighted by molar-refractivity contribution is 0.102. The molecular weight excluding hydrogens is 484 g/mol. The summed E-state index contributed by atoms with van der Waals surface area (Å²) in [7, 11) is -3.68. The molecule has 0 fully saturated rings. The largest absolute Gasteiger partial charge is 0.454 e. The van der Waals surface area contributed by atoms with E-state index in [4.69, 9.17) is 13.9 Å². The lowest BCUT2D eigenvalue weighted by atomic mass is 10.1. The second kappa shape index (κ2) is 10.7. The smallest absolute Gasteiger partial charge is 0.322 e. The van der Waals surface area contributed by atoms with Crippen LogP contribution in [0, 0.1) is 11.8 Å². The number of carbonyl (C=O) groups excluding carboxylic acids is 1. The van der Waals surface area contributed by atoms with Gasteiger partial charge in [0.05, 0.1) is 11.3 Å². The van der Waals surface area contributed by atoms with Crippen molar-refractivity contribution >= 4 is 21.9 Å². The number of rotatable bonds is 10. The number of hydrogen-bond acceptors (Lipinski definition) is 8. The van der Waals surface area contributed by atoms with Crippen molar-refractivity contribution in [2.24, 2.45) is 11.8 Å². The van der Waals surface area contributed by atoms with Crippen molar-refractivity contribution in [2.75, 3.05) is 25.2 Å². The molecule has 2 heterocycles. The van der Waals surface area contributed by atoms with Gasteiger partial charge in [-0.05, 0) is 53.8 Å². The Morgan fingerprint density at radius 2 is 1.64 bits per heavy atom. The molecule has 0 saturated carbocycles. The maximum absolute atomic E-state index is 13.2. The van der Waals surface area contributed by atoms with E-state index in [0.717, 1.165) is 5.56 Å². The summed E-state index contributed by atoms with van der Waals surface area (Å²) >= 11 is 0. The highest BCUT2D eigenvalue weighted by Crippen LogP contribution is 2.33. The predicted molar refractivity (Wildman–Crippen MR) is 132 cm³/mol. The third-order valence-corrected chi connectivity index (χ3v) is 7.22. The number of fused-ring (bicyclic) bond motifs is 1. The van der Waals surface area contributed by atoms with Gasteiger partial charge in [-0.15, -0.1) is 5.10 Å². The quantitative estimate of drug-likeness (QED) is 0.431. The molecule has 0 radical (unpaired) electrons. The van der Waals surface area contributed by atoms with Crippen molar-refractivity contribution < 1.29 is 27.1 Å². The van der Waals surface area contributed by atoms with Crippen molar-refractivity contribution in [3.63, 3.8) is 0 Å². The predicted octanol–water partition coefficient (Wildman–Crippen LogP) is 3.94. The molecule has 1 aliphatic heterocycles. The summed E-state index contributed by atoms with van der Waals surface area (Å²) in [6.45, 7) is 8.96. The van der Waals surface area contributed by atoms with Gasteiger partial charge in [-0.2, -0.15) is 4.31 Å². The molecule has 3 aromatic rings. The summed E-state index contributed by atoms with van der Waals surface area (Å²) in [5.74, 6) is 1.55. The lowest BCUT2D eigenvalue weighted by Crippen LogP contribution is -2.37. The molecule has 1 N–H and O–H groups in total. The van der Waals surface area contributed by atoms with Crippen LogP contribution in [0.4, 0.5) is 6.01 Å². The van der Waals surface area contributed by atoms with E-state index in [-0.39, 0.29) is 35.1 Å². The lowest BCUT2D eigenvalue weighted by Gasteiger charge is -2.25. The molecule has 0 spiro atoms. The fourth-order valence-electron chi connectivity index (χ4n) is 3.78. The minimum Gasteiger partial charge on any atom is -0.454 e. The van der Waals surface area contributed by atoms with Gasteiger partial charge < -0.3 is 13.9 Å². The minimum absolute atomic E-state index is 0.0486. The highest BCUT2D eigenvalue weighted by Gasteiger charge is 2.26. The van der Waals surface area contributed by atoms with Crippen molar-refractivity contribution in [3.05, 3.63) is 59.5 Å². The average Bonchev–Trinajstić information content (AvgIpc) is 3.47. The number of hydrogen-bond donors (Lipinski definition) is 1. The first kappa shape index (κ1) is 25.6. The molecule has 0 atom stereocenters. The van der Waals surface area contributed by atoms with E-state index in [1.54, 1.807) is 0 Å². The van der Waals surface area contributed by atoms with Gasteiger partial charge in [0.1, 0.15) is 0 Å². The number of nitrogens with one attached hydrogen (secondary N) is 1. The topological polar surface area (TPSA) is 124 Å². The van der Waals surface area contributed by atoms with E-state index in [1.165, 1.54) is 28.6 Å². The fourth-order valence-corrected chi connectivity index (χ4v) is 5.55. The number of carbonyl (C=O) groups is 1. The minimum atomic E-state index is -3.68. The number of nitrogens with zero attached hydrogens (tertiary/aromatic N) is 3. The van der Waals surface area contributed by atoms with Crippen LogP contribution in [0.3, 0.4) is 0 Å². The molecule has 10 nitrogen and oxygen atoms in total. The fraction of sp³-hybridized carbons (Fsp3) is 0.400. The summed E-state index contributed by atoms with van der Waals surface area (Å²) in [4.78, 5) is 12.8. The van der Waals surface area contributed by atoms with Crippen LogP contribution in [0.5, 0.6) is 11.5 Å². The average molecular weight is 515 g/mol. The van der Waals surface area contributed by atoms with Gasteiger partial charge >= 0.3 is 6.01 Å². The summed E-state index contributed by atoms with van der Waals surface area (Å²) < 4.78 is 44.1. The molecule has 11 heteroatoms. The van der Waals surface area contributed by atoms with Crippen LogP contribution in [0.25, 0.3) is 0 Å². The Bertz CT molecular complexity index is 1310. The van der Waals surface area contributed by atoms with Crippen molar-refractivity contribution in [2.45, 2.75) is 39.0 Å².